The van der Waals surface area contributed by atoms with Crippen molar-refractivity contribution in [3.8, 4) is 0 Å². The van der Waals surface area contributed by atoms with E-state index in [0.29, 0.717) is 11.8 Å². The number of nitrogens with zero attached hydrogens (tertiary/aromatic N) is 3. The van der Waals surface area contributed by atoms with Gasteiger partial charge in [-0.15, -0.1) is 0 Å². The number of rotatable bonds is 2. The van der Waals surface area contributed by atoms with Gasteiger partial charge in [0.1, 0.15) is 0 Å². The summed E-state index contributed by atoms with van der Waals surface area (Å²) in [6.07, 6.45) is 6.47. The second-order valence-corrected chi connectivity index (χ2v) is 7.74. The summed E-state index contributed by atoms with van der Waals surface area (Å²) in [5.74, 6) is 1.84. The first-order valence-corrected chi connectivity index (χ1v) is 8.59. The quantitative estimate of drug-likeness (QED) is 0.841. The summed E-state index contributed by atoms with van der Waals surface area (Å²) in [7, 11) is 0. The normalized spacial score (nSPS) is 26.4. The third-order valence-corrected chi connectivity index (χ3v) is 4.93. The van der Waals surface area contributed by atoms with Crippen LogP contribution in [0.5, 0.6) is 0 Å². The van der Waals surface area contributed by atoms with E-state index in [9.17, 15) is 4.79 Å². The highest BCUT2D eigenvalue weighted by atomic mass is 16.5. The van der Waals surface area contributed by atoms with E-state index in [-0.39, 0.29) is 17.3 Å². The van der Waals surface area contributed by atoms with E-state index in [1.54, 1.807) is 0 Å². The summed E-state index contributed by atoms with van der Waals surface area (Å²) in [4.78, 5) is 19.5. The third kappa shape index (κ3) is 3.03. The molecule has 0 aromatic carbocycles. The molecule has 5 heteroatoms. The lowest BCUT2D eigenvalue weighted by Gasteiger charge is -2.31. The molecule has 122 valence electrons. The summed E-state index contributed by atoms with van der Waals surface area (Å²) >= 11 is 0. The lowest BCUT2D eigenvalue weighted by atomic mass is 9.78. The van der Waals surface area contributed by atoms with Crippen molar-refractivity contribution in [2.24, 2.45) is 5.92 Å². The molecule has 1 amide bonds. The van der Waals surface area contributed by atoms with Gasteiger partial charge >= 0.3 is 0 Å². The van der Waals surface area contributed by atoms with E-state index in [2.05, 4.69) is 30.9 Å². The molecule has 0 spiro atoms. The van der Waals surface area contributed by atoms with Crippen molar-refractivity contribution in [1.29, 1.82) is 0 Å². The van der Waals surface area contributed by atoms with Gasteiger partial charge in [0.15, 0.2) is 5.82 Å². The van der Waals surface area contributed by atoms with Crippen LogP contribution in [0.2, 0.25) is 0 Å². The van der Waals surface area contributed by atoms with Crippen LogP contribution in [0.25, 0.3) is 0 Å². The number of carbonyl (C=O) groups is 1. The first-order valence-electron chi connectivity index (χ1n) is 8.59. The van der Waals surface area contributed by atoms with E-state index < -0.39 is 0 Å². The fraction of sp³-hybridized carbons (Fsp3) is 0.824. The first-order chi connectivity index (χ1) is 10.5. The van der Waals surface area contributed by atoms with E-state index in [1.165, 1.54) is 0 Å². The van der Waals surface area contributed by atoms with Crippen molar-refractivity contribution in [3.63, 3.8) is 0 Å². The Labute approximate surface area is 132 Å². The maximum atomic E-state index is 12.8. The molecule has 1 aliphatic heterocycles. The van der Waals surface area contributed by atoms with Crippen LogP contribution in [0.15, 0.2) is 4.52 Å². The smallest absolute Gasteiger partial charge is 0.230 e. The van der Waals surface area contributed by atoms with Crippen molar-refractivity contribution in [1.82, 2.24) is 15.0 Å². The molecular formula is C17H27N3O2. The summed E-state index contributed by atoms with van der Waals surface area (Å²) in [6.45, 7) is 8.07. The predicted octanol–water partition coefficient (Wildman–Crippen LogP) is 3.26. The van der Waals surface area contributed by atoms with Gasteiger partial charge in [-0.3, -0.25) is 4.79 Å². The zero-order chi connectivity index (χ0) is 15.7. The Balaban J connectivity index is 1.80. The first kappa shape index (κ1) is 15.5. The van der Waals surface area contributed by atoms with Gasteiger partial charge in [-0.2, -0.15) is 4.98 Å². The van der Waals surface area contributed by atoms with Crippen molar-refractivity contribution < 1.29 is 9.32 Å². The predicted molar refractivity (Wildman–Crippen MR) is 83.5 cm³/mol. The van der Waals surface area contributed by atoms with Crippen LogP contribution in [-0.2, 0) is 10.2 Å². The average Bonchev–Trinajstić information content (AvgIpc) is 3.17. The molecule has 5 nitrogen and oxygen atoms in total. The topological polar surface area (TPSA) is 59.2 Å². The van der Waals surface area contributed by atoms with Crippen molar-refractivity contribution in [2.45, 2.75) is 70.6 Å². The number of amides is 1. The highest BCUT2D eigenvalue weighted by Crippen LogP contribution is 2.39. The number of aromatic nitrogens is 2. The van der Waals surface area contributed by atoms with Crippen LogP contribution in [0.1, 0.15) is 76.9 Å². The molecule has 1 aromatic heterocycles. The minimum Gasteiger partial charge on any atom is -0.342 e. The lowest BCUT2D eigenvalue weighted by molar-refractivity contribution is -0.136. The molecule has 0 N–H and O–H groups in total. The second-order valence-electron chi connectivity index (χ2n) is 7.74. The highest BCUT2D eigenvalue weighted by molar-refractivity contribution is 5.80. The molecular weight excluding hydrogens is 278 g/mol. The Morgan fingerprint density at radius 2 is 1.82 bits per heavy atom. The van der Waals surface area contributed by atoms with Gasteiger partial charge in [-0.1, -0.05) is 38.8 Å². The average molecular weight is 305 g/mol. The maximum absolute atomic E-state index is 12.8. The molecule has 1 aromatic rings. The summed E-state index contributed by atoms with van der Waals surface area (Å²) in [5, 5.41) is 4.14. The largest absolute Gasteiger partial charge is 0.342 e. The number of likely N-dealkylation sites (tertiary alicyclic amines) is 1. The van der Waals surface area contributed by atoms with Crippen molar-refractivity contribution >= 4 is 5.91 Å². The van der Waals surface area contributed by atoms with Gasteiger partial charge in [0.05, 0.1) is 5.92 Å². The van der Waals surface area contributed by atoms with E-state index >= 15 is 0 Å². The van der Waals surface area contributed by atoms with E-state index in [4.69, 9.17) is 4.52 Å². The minimum atomic E-state index is -0.120. The molecule has 2 atom stereocenters. The van der Waals surface area contributed by atoms with Crippen molar-refractivity contribution in [3.05, 3.63) is 11.7 Å². The summed E-state index contributed by atoms with van der Waals surface area (Å²) in [5.41, 5.74) is -0.120. The molecule has 2 heterocycles. The third-order valence-electron chi connectivity index (χ3n) is 4.93. The number of hydrogen-bond acceptors (Lipinski definition) is 4. The van der Waals surface area contributed by atoms with E-state index in [1.807, 2.05) is 4.90 Å². The standard InChI is InChI=1S/C17H27N3O2/c1-17(2,3)16-18-14(22-19-16)12-8-4-5-9-13(12)15(21)20-10-6-7-11-20/h12-13H,4-11H2,1-3H3/t12-,13-/m0/s1. The number of hydrogen-bond donors (Lipinski definition) is 0. The van der Waals surface area contributed by atoms with Crippen LogP contribution in [0, 0.1) is 5.92 Å². The van der Waals surface area contributed by atoms with Crippen LogP contribution < -0.4 is 0 Å². The van der Waals surface area contributed by atoms with Crippen molar-refractivity contribution in [2.75, 3.05) is 13.1 Å². The minimum absolute atomic E-state index is 0.0279. The Morgan fingerprint density at radius 3 is 2.45 bits per heavy atom. The Morgan fingerprint density at radius 1 is 1.14 bits per heavy atom. The van der Waals surface area contributed by atoms with Gasteiger partial charge < -0.3 is 9.42 Å². The highest BCUT2D eigenvalue weighted by Gasteiger charge is 2.38. The SMILES string of the molecule is CC(C)(C)c1noc([C@H]2CCCC[C@@H]2C(=O)N2CCCC2)n1. The Bertz CT molecular complexity index is 526. The van der Waals surface area contributed by atoms with Crippen LogP contribution in [0.3, 0.4) is 0 Å². The van der Waals surface area contributed by atoms with Gasteiger partial charge in [0.2, 0.25) is 11.8 Å². The lowest BCUT2D eigenvalue weighted by Crippen LogP contribution is -2.38. The van der Waals surface area contributed by atoms with Gasteiger partial charge in [-0.25, -0.2) is 0 Å². The number of carbonyl (C=O) groups excluding carboxylic acids is 1. The maximum Gasteiger partial charge on any atom is 0.230 e. The Kier molecular flexibility index (Phi) is 4.24. The molecule has 22 heavy (non-hydrogen) atoms. The fourth-order valence-electron chi connectivity index (χ4n) is 3.58. The zero-order valence-electron chi connectivity index (χ0n) is 14.0. The zero-order valence-corrected chi connectivity index (χ0v) is 14.0. The van der Waals surface area contributed by atoms with Gasteiger partial charge in [0.25, 0.3) is 0 Å². The second kappa shape index (κ2) is 6.01. The van der Waals surface area contributed by atoms with Gasteiger partial charge in [0, 0.05) is 24.4 Å². The van der Waals surface area contributed by atoms with E-state index in [0.717, 1.165) is 57.4 Å². The molecule has 2 aliphatic rings. The fourth-order valence-corrected chi connectivity index (χ4v) is 3.58. The summed E-state index contributed by atoms with van der Waals surface area (Å²) < 4.78 is 5.54. The molecule has 0 radical (unpaired) electrons. The molecule has 1 saturated heterocycles. The molecule has 2 fully saturated rings. The molecule has 0 unspecified atom stereocenters. The monoisotopic (exact) mass is 305 g/mol. The molecule has 1 saturated carbocycles. The van der Waals surface area contributed by atoms with Crippen LogP contribution in [-0.4, -0.2) is 34.0 Å². The molecule has 3 rings (SSSR count). The summed E-state index contributed by atoms with van der Waals surface area (Å²) in [6, 6.07) is 0. The molecule has 0 bridgehead atoms. The van der Waals surface area contributed by atoms with Crippen LogP contribution in [0.4, 0.5) is 0 Å². The van der Waals surface area contributed by atoms with Gasteiger partial charge in [-0.05, 0) is 25.7 Å². The Hall–Kier alpha value is -1.39. The molecule has 1 aliphatic carbocycles. The van der Waals surface area contributed by atoms with Crippen LogP contribution >= 0.6 is 0 Å².